The summed E-state index contributed by atoms with van der Waals surface area (Å²) in [6.07, 6.45) is -11.9. The van der Waals surface area contributed by atoms with Crippen LogP contribution in [0, 0.1) is 0 Å². The largest absolute Gasteiger partial charge is 0.449 e. The number of nitrogens with one attached hydrogen (secondary N) is 2. The van der Waals surface area contributed by atoms with Crippen LogP contribution >= 0.6 is 0 Å². The van der Waals surface area contributed by atoms with Crippen molar-refractivity contribution in [1.29, 1.82) is 0 Å². The van der Waals surface area contributed by atoms with Gasteiger partial charge in [0.05, 0.1) is 16.7 Å². The van der Waals surface area contributed by atoms with Crippen LogP contribution in [-0.2, 0) is 21.9 Å². The van der Waals surface area contributed by atoms with E-state index >= 15 is 0 Å². The Morgan fingerprint density at radius 2 is 1.42 bits per heavy atom. The number of imide groups is 1. The molecule has 0 fully saturated rings. The monoisotopic (exact) mass is 386 g/mol. The second-order valence-electron chi connectivity index (χ2n) is 4.91. The molecule has 144 valence electrons. The highest BCUT2D eigenvalue weighted by atomic mass is 19.4. The topological polar surface area (TPSA) is 84.5 Å². The predicted octanol–water partition coefficient (Wildman–Crippen LogP) is 2.73. The number of amides is 3. The van der Waals surface area contributed by atoms with E-state index in [0.717, 1.165) is 6.92 Å². The molecule has 26 heavy (non-hydrogen) atoms. The number of rotatable bonds is 3. The van der Waals surface area contributed by atoms with E-state index in [9.17, 15) is 40.7 Å². The number of carbonyl (C=O) groups excluding carboxylic acids is 3. The lowest BCUT2D eigenvalue weighted by Gasteiger charge is -2.16. The number of urea groups is 1. The molecule has 0 spiro atoms. The van der Waals surface area contributed by atoms with E-state index in [0.29, 0.717) is 0 Å². The lowest BCUT2D eigenvalue weighted by Crippen LogP contribution is -2.43. The zero-order valence-electron chi connectivity index (χ0n) is 13.2. The molecule has 0 saturated carbocycles. The molecule has 1 rings (SSSR count). The van der Waals surface area contributed by atoms with Crippen molar-refractivity contribution in [2.45, 2.75) is 25.4 Å². The van der Waals surface area contributed by atoms with Crippen LogP contribution in [0.25, 0.3) is 0 Å². The van der Waals surface area contributed by atoms with Gasteiger partial charge in [-0.25, -0.2) is 9.59 Å². The quantitative estimate of drug-likeness (QED) is 0.618. The second-order valence-corrected chi connectivity index (χ2v) is 4.91. The van der Waals surface area contributed by atoms with Gasteiger partial charge < -0.3 is 10.1 Å². The number of benzene rings is 1. The Hall–Kier alpha value is -2.79. The Morgan fingerprint density at radius 1 is 0.962 bits per heavy atom. The molecule has 12 heteroatoms. The molecule has 0 aliphatic carbocycles. The van der Waals surface area contributed by atoms with Crippen molar-refractivity contribution in [3.8, 4) is 0 Å². The van der Waals surface area contributed by atoms with Gasteiger partial charge in [-0.15, -0.1) is 0 Å². The van der Waals surface area contributed by atoms with E-state index < -0.39 is 53.1 Å². The van der Waals surface area contributed by atoms with Gasteiger partial charge in [-0.1, -0.05) is 0 Å². The predicted molar refractivity (Wildman–Crippen MR) is 73.9 cm³/mol. The molecule has 1 unspecified atom stereocenters. The molecule has 0 aromatic heterocycles. The van der Waals surface area contributed by atoms with Crippen LogP contribution in [0.2, 0.25) is 0 Å². The SMILES string of the molecule is CNC(=O)NC(=O)C(C)OC(=O)c1cc(C(F)(F)F)cc(C(F)(F)F)c1. The average molecular weight is 386 g/mol. The molecule has 1 aromatic carbocycles. The fourth-order valence-electron chi connectivity index (χ4n) is 1.63. The number of alkyl halides is 6. The van der Waals surface area contributed by atoms with Crippen LogP contribution in [-0.4, -0.2) is 31.1 Å². The van der Waals surface area contributed by atoms with Gasteiger partial charge in [0.2, 0.25) is 0 Å². The minimum atomic E-state index is -5.14. The summed E-state index contributed by atoms with van der Waals surface area (Å²) in [7, 11) is 1.18. The summed E-state index contributed by atoms with van der Waals surface area (Å²) in [6.45, 7) is 0.981. The van der Waals surface area contributed by atoms with Crippen LogP contribution in [0.15, 0.2) is 18.2 Å². The molecule has 3 amide bonds. The van der Waals surface area contributed by atoms with Crippen molar-refractivity contribution in [1.82, 2.24) is 10.6 Å². The molecule has 0 heterocycles. The molecule has 0 radical (unpaired) electrons. The first-order chi connectivity index (χ1) is 11.8. The summed E-state index contributed by atoms with van der Waals surface area (Å²) >= 11 is 0. The number of hydrogen-bond donors (Lipinski definition) is 2. The zero-order valence-corrected chi connectivity index (χ0v) is 13.2. The van der Waals surface area contributed by atoms with Crippen molar-refractivity contribution in [2.24, 2.45) is 0 Å². The summed E-state index contributed by atoms with van der Waals surface area (Å²) in [5, 5.41) is 3.75. The van der Waals surface area contributed by atoms with Gasteiger partial charge in [0.15, 0.2) is 6.10 Å². The van der Waals surface area contributed by atoms with Gasteiger partial charge in [-0.3, -0.25) is 10.1 Å². The smallest absolute Gasteiger partial charge is 0.416 e. The summed E-state index contributed by atoms with van der Waals surface area (Å²) in [5.41, 5.74) is -4.46. The van der Waals surface area contributed by atoms with Crippen LogP contribution in [0.5, 0.6) is 0 Å². The highest BCUT2D eigenvalue weighted by Crippen LogP contribution is 2.36. The summed E-state index contributed by atoms with van der Waals surface area (Å²) in [6, 6.07) is -0.767. The van der Waals surface area contributed by atoms with Crippen LogP contribution in [0.3, 0.4) is 0 Å². The maximum absolute atomic E-state index is 12.7. The average Bonchev–Trinajstić information content (AvgIpc) is 2.52. The molecular formula is C14H12F6N2O4. The van der Waals surface area contributed by atoms with Gasteiger partial charge in [0.25, 0.3) is 5.91 Å². The Labute approximate surface area is 142 Å². The first-order valence-electron chi connectivity index (χ1n) is 6.78. The van der Waals surface area contributed by atoms with E-state index in [1.165, 1.54) is 7.05 Å². The molecule has 2 N–H and O–H groups in total. The lowest BCUT2D eigenvalue weighted by atomic mass is 10.0. The molecular weight excluding hydrogens is 374 g/mol. The number of esters is 1. The van der Waals surface area contributed by atoms with E-state index in [4.69, 9.17) is 0 Å². The van der Waals surface area contributed by atoms with E-state index in [-0.39, 0.29) is 18.2 Å². The first-order valence-corrected chi connectivity index (χ1v) is 6.78. The lowest BCUT2D eigenvalue weighted by molar-refractivity contribution is -0.143. The standard InChI is InChI=1S/C14H12F6N2O4/c1-6(10(23)22-12(25)21-2)26-11(24)7-3-8(13(15,16)17)5-9(4-7)14(18,19)20/h3-6H,1-2H3,(H2,21,22,23,25). The van der Waals surface area contributed by atoms with Crippen LogP contribution in [0.4, 0.5) is 31.1 Å². The van der Waals surface area contributed by atoms with E-state index in [1.807, 2.05) is 5.32 Å². The van der Waals surface area contributed by atoms with Gasteiger partial charge >= 0.3 is 24.4 Å². The third-order valence-electron chi connectivity index (χ3n) is 2.94. The Morgan fingerprint density at radius 3 is 1.81 bits per heavy atom. The highest BCUT2D eigenvalue weighted by Gasteiger charge is 2.38. The number of ether oxygens (including phenoxy) is 1. The van der Waals surface area contributed by atoms with Crippen molar-refractivity contribution < 1.29 is 45.5 Å². The molecule has 1 atom stereocenters. The minimum absolute atomic E-state index is 0.154. The summed E-state index contributed by atoms with van der Waals surface area (Å²) in [4.78, 5) is 34.3. The normalized spacial score (nSPS) is 12.9. The second kappa shape index (κ2) is 7.62. The van der Waals surface area contributed by atoms with Crippen molar-refractivity contribution >= 4 is 17.9 Å². The first kappa shape index (κ1) is 21.3. The summed E-state index contributed by atoms with van der Waals surface area (Å²) < 4.78 is 81.0. The van der Waals surface area contributed by atoms with Crippen molar-refractivity contribution in [2.75, 3.05) is 7.05 Å². The van der Waals surface area contributed by atoms with Crippen LogP contribution in [0.1, 0.15) is 28.4 Å². The van der Waals surface area contributed by atoms with Gasteiger partial charge in [0.1, 0.15) is 0 Å². The van der Waals surface area contributed by atoms with Gasteiger partial charge in [-0.2, -0.15) is 26.3 Å². The molecule has 6 nitrogen and oxygen atoms in total. The molecule has 0 bridgehead atoms. The fourth-order valence-corrected chi connectivity index (χ4v) is 1.63. The summed E-state index contributed by atoms with van der Waals surface area (Å²) in [5.74, 6) is -2.72. The van der Waals surface area contributed by atoms with Crippen LogP contribution < -0.4 is 10.6 Å². The maximum atomic E-state index is 12.7. The molecule has 0 aliphatic rings. The molecule has 0 aliphatic heterocycles. The number of carbonyl (C=O) groups is 3. The third kappa shape index (κ3) is 5.63. The molecule has 0 saturated heterocycles. The number of hydrogen-bond acceptors (Lipinski definition) is 4. The van der Waals surface area contributed by atoms with Crippen molar-refractivity contribution in [3.05, 3.63) is 34.9 Å². The zero-order chi connectivity index (χ0) is 20.3. The van der Waals surface area contributed by atoms with E-state index in [1.54, 1.807) is 5.32 Å². The van der Waals surface area contributed by atoms with Gasteiger partial charge in [-0.05, 0) is 25.1 Å². The minimum Gasteiger partial charge on any atom is -0.449 e. The Balaban J connectivity index is 3.11. The highest BCUT2D eigenvalue weighted by molar-refractivity contribution is 5.98. The molecule has 1 aromatic rings. The Bertz CT molecular complexity index is 682. The van der Waals surface area contributed by atoms with Gasteiger partial charge in [0, 0.05) is 7.05 Å². The third-order valence-corrected chi connectivity index (χ3v) is 2.94. The van der Waals surface area contributed by atoms with E-state index in [2.05, 4.69) is 4.74 Å². The van der Waals surface area contributed by atoms with Crippen molar-refractivity contribution in [3.63, 3.8) is 0 Å². The Kier molecular flexibility index (Phi) is 6.23. The maximum Gasteiger partial charge on any atom is 0.416 e. The fraction of sp³-hybridized carbons (Fsp3) is 0.357. The number of halogens is 6.